The molecule has 1 aliphatic rings. The van der Waals surface area contributed by atoms with Crippen molar-refractivity contribution in [1.82, 2.24) is 10.2 Å². The quantitative estimate of drug-likeness (QED) is 0.878. The van der Waals surface area contributed by atoms with E-state index < -0.39 is 0 Å². The van der Waals surface area contributed by atoms with Crippen LogP contribution in [0.25, 0.3) is 0 Å². The minimum absolute atomic E-state index is 0.546. The van der Waals surface area contributed by atoms with Gasteiger partial charge in [0, 0.05) is 13.1 Å². The molecule has 0 spiro atoms. The lowest BCUT2D eigenvalue weighted by atomic mass is 9.82. The predicted octanol–water partition coefficient (Wildman–Crippen LogP) is 3.03. The van der Waals surface area contributed by atoms with Crippen LogP contribution in [-0.4, -0.2) is 25.0 Å². The minimum Gasteiger partial charge on any atom is -0.316 e. The number of hydrogen-bond donors (Lipinski definition) is 1. The Kier molecular flexibility index (Phi) is 4.41. The summed E-state index contributed by atoms with van der Waals surface area (Å²) in [6, 6.07) is 8.95. The van der Waals surface area contributed by atoms with Gasteiger partial charge >= 0.3 is 0 Å². The first-order chi connectivity index (χ1) is 8.59. The van der Waals surface area contributed by atoms with Crippen LogP contribution >= 0.6 is 0 Å². The lowest BCUT2D eigenvalue weighted by Gasteiger charge is -2.37. The highest BCUT2D eigenvalue weighted by molar-refractivity contribution is 5.23. The average molecular weight is 246 g/mol. The summed E-state index contributed by atoms with van der Waals surface area (Å²) in [4.78, 5) is 2.59. The maximum atomic E-state index is 3.21. The molecule has 1 aliphatic heterocycles. The highest BCUT2D eigenvalue weighted by Gasteiger charge is 2.25. The van der Waals surface area contributed by atoms with E-state index in [1.807, 2.05) is 7.05 Å². The van der Waals surface area contributed by atoms with Crippen molar-refractivity contribution in [3.63, 3.8) is 0 Å². The summed E-state index contributed by atoms with van der Waals surface area (Å²) in [6.45, 7) is 9.32. The number of hydrogen-bond acceptors (Lipinski definition) is 2. The van der Waals surface area contributed by atoms with Gasteiger partial charge in [0.05, 0.1) is 0 Å². The zero-order valence-electron chi connectivity index (χ0n) is 12.0. The minimum atomic E-state index is 0.546. The van der Waals surface area contributed by atoms with Crippen LogP contribution < -0.4 is 5.32 Å². The Balaban J connectivity index is 1.91. The smallest absolute Gasteiger partial charge is 0.0233 e. The SMILES string of the molecule is CNCc1cccc(CN2CCC(C)(C)CC2)c1. The normalized spacial score (nSPS) is 19.9. The highest BCUT2D eigenvalue weighted by Crippen LogP contribution is 2.30. The molecule has 18 heavy (non-hydrogen) atoms. The fourth-order valence-electron chi connectivity index (χ4n) is 2.62. The van der Waals surface area contributed by atoms with Crippen LogP contribution in [0.1, 0.15) is 37.8 Å². The molecule has 0 atom stereocenters. The Labute approximate surface area is 111 Å². The second kappa shape index (κ2) is 5.85. The van der Waals surface area contributed by atoms with Crippen molar-refractivity contribution in [3.05, 3.63) is 35.4 Å². The van der Waals surface area contributed by atoms with Gasteiger partial charge in [0.1, 0.15) is 0 Å². The fraction of sp³-hybridized carbons (Fsp3) is 0.625. The zero-order valence-corrected chi connectivity index (χ0v) is 12.0. The maximum absolute atomic E-state index is 3.21. The lowest BCUT2D eigenvalue weighted by molar-refractivity contribution is 0.127. The molecule has 1 saturated heterocycles. The molecule has 0 saturated carbocycles. The molecule has 1 aromatic rings. The van der Waals surface area contributed by atoms with Crippen LogP contribution in [0.5, 0.6) is 0 Å². The Morgan fingerprint density at radius 2 is 1.83 bits per heavy atom. The van der Waals surface area contributed by atoms with Crippen molar-refractivity contribution in [2.45, 2.75) is 39.8 Å². The Morgan fingerprint density at radius 1 is 1.17 bits per heavy atom. The third kappa shape index (κ3) is 3.82. The van der Waals surface area contributed by atoms with Crippen LogP contribution in [0.15, 0.2) is 24.3 Å². The van der Waals surface area contributed by atoms with Crippen molar-refractivity contribution >= 4 is 0 Å². The summed E-state index contributed by atoms with van der Waals surface area (Å²) >= 11 is 0. The average Bonchev–Trinajstić information content (AvgIpc) is 2.33. The molecule has 0 unspecified atom stereocenters. The second-order valence-corrected chi connectivity index (χ2v) is 6.29. The van der Waals surface area contributed by atoms with Gasteiger partial charge in [-0.1, -0.05) is 38.1 Å². The molecule has 2 rings (SSSR count). The van der Waals surface area contributed by atoms with E-state index in [-0.39, 0.29) is 0 Å². The topological polar surface area (TPSA) is 15.3 Å². The van der Waals surface area contributed by atoms with Gasteiger partial charge in [0.25, 0.3) is 0 Å². The summed E-state index contributed by atoms with van der Waals surface area (Å²) < 4.78 is 0. The number of likely N-dealkylation sites (tertiary alicyclic amines) is 1. The van der Waals surface area contributed by atoms with Crippen molar-refractivity contribution in [2.24, 2.45) is 5.41 Å². The van der Waals surface area contributed by atoms with E-state index in [0.29, 0.717) is 5.41 Å². The summed E-state index contributed by atoms with van der Waals surface area (Å²) in [7, 11) is 2.00. The third-order valence-electron chi connectivity index (χ3n) is 3.99. The summed E-state index contributed by atoms with van der Waals surface area (Å²) in [5.41, 5.74) is 3.37. The molecule has 0 aliphatic carbocycles. The molecule has 0 bridgehead atoms. The second-order valence-electron chi connectivity index (χ2n) is 6.29. The summed E-state index contributed by atoms with van der Waals surface area (Å²) in [5, 5.41) is 3.21. The van der Waals surface area contributed by atoms with E-state index >= 15 is 0 Å². The molecule has 2 heteroatoms. The van der Waals surface area contributed by atoms with E-state index in [9.17, 15) is 0 Å². The van der Waals surface area contributed by atoms with Crippen molar-refractivity contribution in [3.8, 4) is 0 Å². The van der Waals surface area contributed by atoms with E-state index in [2.05, 4.69) is 48.3 Å². The van der Waals surface area contributed by atoms with Gasteiger partial charge < -0.3 is 5.32 Å². The Morgan fingerprint density at radius 3 is 2.50 bits per heavy atom. The highest BCUT2D eigenvalue weighted by atomic mass is 15.1. The van der Waals surface area contributed by atoms with Gasteiger partial charge in [-0.05, 0) is 49.5 Å². The van der Waals surface area contributed by atoms with Gasteiger partial charge in [0.2, 0.25) is 0 Å². The van der Waals surface area contributed by atoms with Gasteiger partial charge in [-0.25, -0.2) is 0 Å². The number of rotatable bonds is 4. The molecule has 1 heterocycles. The zero-order chi connectivity index (χ0) is 13.0. The van der Waals surface area contributed by atoms with E-state index in [0.717, 1.165) is 13.1 Å². The van der Waals surface area contributed by atoms with Crippen LogP contribution in [0, 0.1) is 5.41 Å². The molecule has 0 aromatic heterocycles. The standard InChI is InChI=1S/C16H26N2/c1-16(2)7-9-18(10-8-16)13-15-6-4-5-14(11-15)12-17-3/h4-6,11,17H,7-10,12-13H2,1-3H3. The van der Waals surface area contributed by atoms with Gasteiger partial charge in [0.15, 0.2) is 0 Å². The summed E-state index contributed by atoms with van der Waals surface area (Å²) in [6.07, 6.45) is 2.65. The van der Waals surface area contributed by atoms with E-state index in [1.165, 1.54) is 37.1 Å². The van der Waals surface area contributed by atoms with Crippen LogP contribution in [0.2, 0.25) is 0 Å². The predicted molar refractivity (Wildman–Crippen MR) is 77.5 cm³/mol. The van der Waals surface area contributed by atoms with Crippen molar-refractivity contribution in [1.29, 1.82) is 0 Å². The first-order valence-corrected chi connectivity index (χ1v) is 7.04. The maximum Gasteiger partial charge on any atom is 0.0233 e. The molecule has 1 N–H and O–H groups in total. The van der Waals surface area contributed by atoms with Crippen LogP contribution in [0.4, 0.5) is 0 Å². The first kappa shape index (κ1) is 13.6. The number of nitrogens with zero attached hydrogens (tertiary/aromatic N) is 1. The van der Waals surface area contributed by atoms with Crippen LogP contribution in [0.3, 0.4) is 0 Å². The van der Waals surface area contributed by atoms with Crippen molar-refractivity contribution in [2.75, 3.05) is 20.1 Å². The Hall–Kier alpha value is -0.860. The number of benzene rings is 1. The lowest BCUT2D eigenvalue weighted by Crippen LogP contribution is -2.36. The molecule has 1 fully saturated rings. The molecule has 1 aromatic carbocycles. The number of piperidine rings is 1. The summed E-state index contributed by atoms with van der Waals surface area (Å²) in [5.74, 6) is 0. The molecule has 0 radical (unpaired) electrons. The van der Waals surface area contributed by atoms with E-state index in [1.54, 1.807) is 0 Å². The monoisotopic (exact) mass is 246 g/mol. The molecule has 0 amide bonds. The van der Waals surface area contributed by atoms with Gasteiger partial charge in [-0.15, -0.1) is 0 Å². The number of nitrogens with one attached hydrogen (secondary N) is 1. The third-order valence-corrected chi connectivity index (χ3v) is 3.99. The van der Waals surface area contributed by atoms with E-state index in [4.69, 9.17) is 0 Å². The Bertz CT molecular complexity index is 374. The molecular weight excluding hydrogens is 220 g/mol. The first-order valence-electron chi connectivity index (χ1n) is 7.04. The molecule has 100 valence electrons. The molecule has 2 nitrogen and oxygen atoms in total. The molecular formula is C16H26N2. The largest absolute Gasteiger partial charge is 0.316 e. The van der Waals surface area contributed by atoms with Crippen molar-refractivity contribution < 1.29 is 0 Å². The van der Waals surface area contributed by atoms with Gasteiger partial charge in [-0.2, -0.15) is 0 Å². The fourth-order valence-corrected chi connectivity index (χ4v) is 2.62. The van der Waals surface area contributed by atoms with Crippen LogP contribution in [-0.2, 0) is 13.1 Å². The van der Waals surface area contributed by atoms with Gasteiger partial charge in [-0.3, -0.25) is 4.90 Å².